The van der Waals surface area contributed by atoms with E-state index in [1.54, 1.807) is 0 Å². The molecule has 1 heterocycles. The van der Waals surface area contributed by atoms with Gasteiger partial charge in [-0.3, -0.25) is 0 Å². The molecular weight excluding hydrogens is 312 g/mol. The summed E-state index contributed by atoms with van der Waals surface area (Å²) in [5.41, 5.74) is 0.778. The number of benzene rings is 1. The molecule has 1 atom stereocenters. The summed E-state index contributed by atoms with van der Waals surface area (Å²) in [7, 11) is 0. The van der Waals surface area contributed by atoms with Crippen LogP contribution in [0.25, 0.3) is 11.4 Å². The fraction of sp³-hybridized carbons (Fsp3) is 0.333. The zero-order chi connectivity index (χ0) is 14.0. The van der Waals surface area contributed by atoms with Crippen molar-refractivity contribution < 1.29 is 9.90 Å². The third-order valence-corrected chi connectivity index (χ3v) is 3.27. The second kappa shape index (κ2) is 5.48. The summed E-state index contributed by atoms with van der Waals surface area (Å²) in [6, 6.07) is 6.62. The van der Waals surface area contributed by atoms with Crippen LogP contribution in [0.15, 0.2) is 28.7 Å². The van der Waals surface area contributed by atoms with Crippen LogP contribution in [-0.4, -0.2) is 31.3 Å². The highest BCUT2D eigenvalue weighted by Crippen LogP contribution is 2.25. The Morgan fingerprint density at radius 3 is 2.47 bits per heavy atom. The van der Waals surface area contributed by atoms with Crippen molar-refractivity contribution in [1.82, 2.24) is 20.2 Å². The summed E-state index contributed by atoms with van der Waals surface area (Å²) in [6.45, 7) is 3.65. The number of carboxylic acid groups (broad SMARTS) is 1. The van der Waals surface area contributed by atoms with Crippen molar-refractivity contribution in [2.45, 2.75) is 19.9 Å². The zero-order valence-electron chi connectivity index (χ0n) is 10.5. The number of carboxylic acids is 1. The molecule has 100 valence electrons. The van der Waals surface area contributed by atoms with Crippen LogP contribution in [0.3, 0.4) is 0 Å². The lowest BCUT2D eigenvalue weighted by Crippen LogP contribution is -2.26. The van der Waals surface area contributed by atoms with Gasteiger partial charge in [-0.25, -0.2) is 9.48 Å². The van der Waals surface area contributed by atoms with E-state index in [9.17, 15) is 9.90 Å². The van der Waals surface area contributed by atoms with Crippen LogP contribution in [0, 0.1) is 5.92 Å². The molecule has 1 aromatic carbocycles. The average Bonchev–Trinajstić information content (AvgIpc) is 2.78. The van der Waals surface area contributed by atoms with Gasteiger partial charge in [-0.1, -0.05) is 41.9 Å². The largest absolute Gasteiger partial charge is 0.480 e. The fourth-order valence-corrected chi connectivity index (χ4v) is 2.11. The normalized spacial score (nSPS) is 12.6. The molecule has 0 radical (unpaired) electrons. The first-order valence-electron chi connectivity index (χ1n) is 5.77. The standard InChI is InChI=1S/C12H13BrN4O2/c1-7(2)10(12(18)19)17-11(14-15-16-17)8-3-5-9(13)6-4-8/h3-7,10H,1-2H3,(H,18,19). The van der Waals surface area contributed by atoms with Crippen LogP contribution in [0.1, 0.15) is 19.9 Å². The molecule has 1 unspecified atom stereocenters. The molecule has 0 saturated carbocycles. The molecule has 1 aromatic heterocycles. The maximum Gasteiger partial charge on any atom is 0.328 e. The quantitative estimate of drug-likeness (QED) is 0.933. The third kappa shape index (κ3) is 2.81. The van der Waals surface area contributed by atoms with Crippen LogP contribution in [0.4, 0.5) is 0 Å². The van der Waals surface area contributed by atoms with Gasteiger partial charge in [0.05, 0.1) is 0 Å². The molecule has 7 heteroatoms. The molecule has 0 aliphatic heterocycles. The van der Waals surface area contributed by atoms with Gasteiger partial charge < -0.3 is 5.11 Å². The lowest BCUT2D eigenvalue weighted by Gasteiger charge is -2.17. The van der Waals surface area contributed by atoms with E-state index in [2.05, 4.69) is 31.5 Å². The van der Waals surface area contributed by atoms with Crippen molar-refractivity contribution in [3.63, 3.8) is 0 Å². The molecule has 6 nitrogen and oxygen atoms in total. The van der Waals surface area contributed by atoms with E-state index in [1.165, 1.54) is 4.68 Å². The lowest BCUT2D eigenvalue weighted by molar-refractivity contribution is -0.142. The molecule has 1 N–H and O–H groups in total. The van der Waals surface area contributed by atoms with Crippen molar-refractivity contribution in [1.29, 1.82) is 0 Å². The first-order chi connectivity index (χ1) is 9.00. The third-order valence-electron chi connectivity index (χ3n) is 2.74. The topological polar surface area (TPSA) is 80.9 Å². The van der Waals surface area contributed by atoms with Gasteiger partial charge in [0.2, 0.25) is 0 Å². The summed E-state index contributed by atoms with van der Waals surface area (Å²) in [5, 5.41) is 20.6. The summed E-state index contributed by atoms with van der Waals surface area (Å²) in [4.78, 5) is 11.4. The van der Waals surface area contributed by atoms with Crippen LogP contribution < -0.4 is 0 Å². The van der Waals surface area contributed by atoms with Crippen LogP contribution in [-0.2, 0) is 4.79 Å². The predicted octanol–water partition coefficient (Wildman–Crippen LogP) is 2.38. The minimum Gasteiger partial charge on any atom is -0.480 e. The van der Waals surface area contributed by atoms with Gasteiger partial charge in [0.15, 0.2) is 11.9 Å². The number of halogens is 1. The minimum absolute atomic E-state index is 0.116. The molecule has 19 heavy (non-hydrogen) atoms. The second-order valence-corrected chi connectivity index (χ2v) is 5.40. The Hall–Kier alpha value is -1.76. The predicted molar refractivity (Wildman–Crippen MR) is 72.5 cm³/mol. The number of nitrogens with zero attached hydrogens (tertiary/aromatic N) is 4. The molecule has 0 aliphatic rings. The number of rotatable bonds is 4. The highest BCUT2D eigenvalue weighted by Gasteiger charge is 2.28. The van der Waals surface area contributed by atoms with Crippen molar-refractivity contribution in [3.8, 4) is 11.4 Å². The zero-order valence-corrected chi connectivity index (χ0v) is 12.1. The Labute approximate surface area is 118 Å². The first kappa shape index (κ1) is 13.7. The van der Waals surface area contributed by atoms with E-state index in [0.29, 0.717) is 5.82 Å². The van der Waals surface area contributed by atoms with E-state index in [1.807, 2.05) is 38.1 Å². The first-order valence-corrected chi connectivity index (χ1v) is 6.56. The molecule has 2 rings (SSSR count). The minimum atomic E-state index is -0.944. The van der Waals surface area contributed by atoms with Crippen molar-refractivity contribution >= 4 is 21.9 Å². The highest BCUT2D eigenvalue weighted by molar-refractivity contribution is 9.10. The van der Waals surface area contributed by atoms with Gasteiger partial charge in [-0.15, -0.1) is 5.10 Å². The van der Waals surface area contributed by atoms with Crippen LogP contribution in [0.2, 0.25) is 0 Å². The van der Waals surface area contributed by atoms with Crippen molar-refractivity contribution in [2.75, 3.05) is 0 Å². The van der Waals surface area contributed by atoms with Gasteiger partial charge in [0.1, 0.15) is 0 Å². The molecule has 0 aliphatic carbocycles. The summed E-state index contributed by atoms with van der Waals surface area (Å²) >= 11 is 3.35. The maximum absolute atomic E-state index is 11.4. The van der Waals surface area contributed by atoms with Gasteiger partial charge >= 0.3 is 5.97 Å². The van der Waals surface area contributed by atoms with E-state index in [0.717, 1.165) is 10.0 Å². The Kier molecular flexibility index (Phi) is 3.94. The lowest BCUT2D eigenvalue weighted by atomic mass is 10.0. The van der Waals surface area contributed by atoms with E-state index >= 15 is 0 Å². The van der Waals surface area contributed by atoms with Gasteiger partial charge in [0, 0.05) is 10.0 Å². The number of aromatic nitrogens is 4. The Morgan fingerprint density at radius 1 is 1.32 bits per heavy atom. The Balaban J connectivity index is 2.47. The molecule has 0 fully saturated rings. The number of hydrogen-bond acceptors (Lipinski definition) is 4. The van der Waals surface area contributed by atoms with Gasteiger partial charge in [-0.05, 0) is 28.5 Å². The monoisotopic (exact) mass is 324 g/mol. The number of hydrogen-bond donors (Lipinski definition) is 1. The summed E-state index contributed by atoms with van der Waals surface area (Å²) in [6.07, 6.45) is 0. The summed E-state index contributed by atoms with van der Waals surface area (Å²) < 4.78 is 2.30. The van der Waals surface area contributed by atoms with Gasteiger partial charge in [-0.2, -0.15) is 0 Å². The average molecular weight is 325 g/mol. The number of aliphatic carboxylic acids is 1. The van der Waals surface area contributed by atoms with E-state index < -0.39 is 12.0 Å². The second-order valence-electron chi connectivity index (χ2n) is 4.48. The van der Waals surface area contributed by atoms with Gasteiger partial charge in [0.25, 0.3) is 0 Å². The molecule has 0 amide bonds. The Morgan fingerprint density at radius 2 is 1.95 bits per heavy atom. The highest BCUT2D eigenvalue weighted by atomic mass is 79.9. The molecule has 2 aromatic rings. The van der Waals surface area contributed by atoms with Crippen molar-refractivity contribution in [3.05, 3.63) is 28.7 Å². The van der Waals surface area contributed by atoms with E-state index in [-0.39, 0.29) is 5.92 Å². The Bertz CT molecular complexity index is 580. The molecule has 0 spiro atoms. The number of tetrazole rings is 1. The molecule has 0 bridgehead atoms. The molecule has 0 saturated heterocycles. The SMILES string of the molecule is CC(C)C(C(=O)O)n1nnnc1-c1ccc(Br)cc1. The van der Waals surface area contributed by atoms with Crippen molar-refractivity contribution in [2.24, 2.45) is 5.92 Å². The number of carbonyl (C=O) groups is 1. The van der Waals surface area contributed by atoms with Crippen LogP contribution in [0.5, 0.6) is 0 Å². The molecular formula is C12H13BrN4O2. The maximum atomic E-state index is 11.4. The fourth-order valence-electron chi connectivity index (χ4n) is 1.84. The van der Waals surface area contributed by atoms with Crippen LogP contribution >= 0.6 is 15.9 Å². The summed E-state index contributed by atoms with van der Waals surface area (Å²) in [5.74, 6) is -0.607. The smallest absolute Gasteiger partial charge is 0.328 e. The van der Waals surface area contributed by atoms with E-state index in [4.69, 9.17) is 0 Å².